The predicted octanol–water partition coefficient (Wildman–Crippen LogP) is 4.92. The Balaban J connectivity index is 0.00000225. The van der Waals surface area contributed by atoms with Crippen molar-refractivity contribution in [3.63, 3.8) is 0 Å². The number of ether oxygens (including phenoxy) is 1. The molecule has 6 heteroatoms. The van der Waals surface area contributed by atoms with Gasteiger partial charge in [0.05, 0.1) is 17.5 Å². The number of benzene rings is 2. The Kier molecular flexibility index (Phi) is 7.29. The fraction of sp³-hybridized carbons (Fsp3) is 0.455. The fourth-order valence-electron chi connectivity index (χ4n) is 4.09. The summed E-state index contributed by atoms with van der Waals surface area (Å²) in [6, 6.07) is 17.8. The number of hydrogen-bond acceptors (Lipinski definition) is 5. The Hall–Kier alpha value is -1.24. The summed E-state index contributed by atoms with van der Waals surface area (Å²) in [5.74, 6) is 0. The standard InChI is InChI=1S/C22H28N2O2S.ClH/c1-16(23-13-11-18(12-14-23)26-17(2)25)15-24-19-7-3-5-9-21(19)27-22-10-6-4-8-20(22)24;/h3-10,16-18,25H,11-15H2,1-2H3;1H. The van der Waals surface area contributed by atoms with Gasteiger partial charge in [-0.15, -0.1) is 12.4 Å². The third-order valence-electron chi connectivity index (χ3n) is 5.47. The Morgan fingerprint density at radius 3 is 2.07 bits per heavy atom. The molecule has 152 valence electrons. The van der Waals surface area contributed by atoms with E-state index in [0.29, 0.717) is 6.04 Å². The van der Waals surface area contributed by atoms with Crippen molar-refractivity contribution in [3.05, 3.63) is 48.5 Å². The van der Waals surface area contributed by atoms with Gasteiger partial charge in [-0.2, -0.15) is 0 Å². The molecule has 2 aromatic carbocycles. The summed E-state index contributed by atoms with van der Waals surface area (Å²) in [5, 5.41) is 9.44. The third-order valence-corrected chi connectivity index (χ3v) is 6.60. The molecule has 2 atom stereocenters. The number of piperidine rings is 1. The minimum Gasteiger partial charge on any atom is -0.368 e. The van der Waals surface area contributed by atoms with Crippen molar-refractivity contribution < 1.29 is 9.84 Å². The zero-order valence-corrected chi connectivity index (χ0v) is 18.1. The van der Waals surface area contributed by atoms with E-state index in [0.717, 1.165) is 32.5 Å². The lowest BCUT2D eigenvalue weighted by atomic mass is 10.1. The third kappa shape index (κ3) is 4.66. The molecular formula is C22H29ClN2O2S. The summed E-state index contributed by atoms with van der Waals surface area (Å²) >= 11 is 1.86. The first kappa shape index (κ1) is 21.5. The number of likely N-dealkylation sites (tertiary alicyclic amines) is 1. The molecule has 0 amide bonds. The molecule has 2 aromatic rings. The molecule has 1 fully saturated rings. The molecule has 0 radical (unpaired) electrons. The topological polar surface area (TPSA) is 35.9 Å². The van der Waals surface area contributed by atoms with Crippen molar-refractivity contribution >= 4 is 35.5 Å². The summed E-state index contributed by atoms with van der Waals surface area (Å²) in [5.41, 5.74) is 2.61. The Labute approximate surface area is 178 Å². The normalized spacial score (nSPS) is 19.3. The van der Waals surface area contributed by atoms with Crippen LogP contribution in [0.2, 0.25) is 0 Å². The maximum atomic E-state index is 9.44. The zero-order chi connectivity index (χ0) is 18.8. The van der Waals surface area contributed by atoms with Crippen LogP contribution >= 0.6 is 24.2 Å². The SMILES string of the molecule is CC(O)OC1CCN(C(C)CN2c3ccccc3Sc3ccccc32)CC1.Cl. The Morgan fingerprint density at radius 1 is 1.00 bits per heavy atom. The predicted molar refractivity (Wildman–Crippen MR) is 118 cm³/mol. The summed E-state index contributed by atoms with van der Waals surface area (Å²) in [4.78, 5) is 7.68. The molecular weight excluding hydrogens is 392 g/mol. The van der Waals surface area contributed by atoms with Crippen molar-refractivity contribution in [1.29, 1.82) is 0 Å². The molecule has 2 aliphatic rings. The number of aliphatic hydroxyl groups excluding tert-OH is 1. The minimum absolute atomic E-state index is 0. The number of fused-ring (bicyclic) bond motifs is 2. The van der Waals surface area contributed by atoms with Crippen LogP contribution in [0, 0.1) is 0 Å². The molecule has 1 N–H and O–H groups in total. The van der Waals surface area contributed by atoms with E-state index in [9.17, 15) is 5.11 Å². The molecule has 2 aliphatic heterocycles. The molecule has 2 unspecified atom stereocenters. The first-order valence-corrected chi connectivity index (χ1v) is 10.6. The highest BCUT2D eigenvalue weighted by atomic mass is 35.5. The maximum Gasteiger partial charge on any atom is 0.152 e. The quantitative estimate of drug-likeness (QED) is 0.694. The van der Waals surface area contributed by atoms with Gasteiger partial charge in [0.2, 0.25) is 0 Å². The van der Waals surface area contributed by atoms with Crippen LogP contribution in [-0.4, -0.2) is 48.1 Å². The van der Waals surface area contributed by atoms with Gasteiger partial charge in [-0.25, -0.2) is 0 Å². The highest BCUT2D eigenvalue weighted by molar-refractivity contribution is 7.99. The van der Waals surface area contributed by atoms with Gasteiger partial charge >= 0.3 is 0 Å². The van der Waals surface area contributed by atoms with Crippen LogP contribution in [-0.2, 0) is 4.74 Å². The number of aliphatic hydroxyl groups is 1. The van der Waals surface area contributed by atoms with E-state index in [-0.39, 0.29) is 18.5 Å². The van der Waals surface area contributed by atoms with Gasteiger partial charge in [-0.1, -0.05) is 36.0 Å². The van der Waals surface area contributed by atoms with Crippen molar-refractivity contribution in [1.82, 2.24) is 4.90 Å². The number of nitrogens with zero attached hydrogens (tertiary/aromatic N) is 2. The van der Waals surface area contributed by atoms with Crippen LogP contribution in [0.1, 0.15) is 26.7 Å². The van der Waals surface area contributed by atoms with E-state index in [2.05, 4.69) is 65.3 Å². The van der Waals surface area contributed by atoms with Gasteiger partial charge in [0, 0.05) is 35.5 Å². The van der Waals surface area contributed by atoms with Crippen LogP contribution in [0.25, 0.3) is 0 Å². The number of halogens is 1. The van der Waals surface area contributed by atoms with Crippen LogP contribution in [0.5, 0.6) is 0 Å². The lowest BCUT2D eigenvalue weighted by Crippen LogP contribution is -2.47. The first-order valence-electron chi connectivity index (χ1n) is 9.83. The van der Waals surface area contributed by atoms with Crippen molar-refractivity contribution in [2.45, 2.75) is 54.9 Å². The second-order valence-electron chi connectivity index (χ2n) is 7.47. The van der Waals surface area contributed by atoms with E-state index in [1.807, 2.05) is 11.8 Å². The highest BCUT2D eigenvalue weighted by Gasteiger charge is 2.28. The largest absolute Gasteiger partial charge is 0.368 e. The molecule has 0 bridgehead atoms. The minimum atomic E-state index is -0.669. The van der Waals surface area contributed by atoms with E-state index in [1.54, 1.807) is 6.92 Å². The van der Waals surface area contributed by atoms with E-state index >= 15 is 0 Å². The summed E-state index contributed by atoms with van der Waals surface area (Å²) < 4.78 is 5.58. The lowest BCUT2D eigenvalue weighted by molar-refractivity contribution is -0.137. The average Bonchev–Trinajstić information content (AvgIpc) is 2.68. The van der Waals surface area contributed by atoms with Crippen LogP contribution in [0.4, 0.5) is 11.4 Å². The van der Waals surface area contributed by atoms with Crippen LogP contribution in [0.15, 0.2) is 58.3 Å². The van der Waals surface area contributed by atoms with Gasteiger partial charge in [-0.3, -0.25) is 4.90 Å². The lowest BCUT2D eigenvalue weighted by Gasteiger charge is -2.40. The van der Waals surface area contributed by atoms with E-state index in [1.165, 1.54) is 21.2 Å². The highest BCUT2D eigenvalue weighted by Crippen LogP contribution is 2.47. The second-order valence-corrected chi connectivity index (χ2v) is 8.55. The molecule has 0 aliphatic carbocycles. The molecule has 28 heavy (non-hydrogen) atoms. The van der Waals surface area contributed by atoms with Gasteiger partial charge in [0.1, 0.15) is 0 Å². The number of para-hydroxylation sites is 2. The number of rotatable bonds is 5. The van der Waals surface area contributed by atoms with Crippen molar-refractivity contribution in [2.24, 2.45) is 0 Å². The molecule has 0 spiro atoms. The number of anilines is 2. The van der Waals surface area contributed by atoms with Crippen LogP contribution in [0.3, 0.4) is 0 Å². The van der Waals surface area contributed by atoms with E-state index < -0.39 is 6.29 Å². The Morgan fingerprint density at radius 2 is 1.54 bits per heavy atom. The molecule has 1 saturated heterocycles. The summed E-state index contributed by atoms with van der Waals surface area (Å²) in [6.45, 7) is 7.02. The molecule has 4 rings (SSSR count). The van der Waals surface area contributed by atoms with Gasteiger partial charge in [0.15, 0.2) is 6.29 Å². The van der Waals surface area contributed by atoms with Crippen molar-refractivity contribution in [2.75, 3.05) is 24.5 Å². The Bertz CT molecular complexity index is 735. The maximum absolute atomic E-state index is 9.44. The summed E-state index contributed by atoms with van der Waals surface area (Å²) in [6.07, 6.45) is 1.48. The zero-order valence-electron chi connectivity index (χ0n) is 16.5. The molecule has 4 nitrogen and oxygen atoms in total. The molecule has 2 heterocycles. The van der Waals surface area contributed by atoms with Crippen LogP contribution < -0.4 is 4.90 Å². The van der Waals surface area contributed by atoms with Crippen molar-refractivity contribution in [3.8, 4) is 0 Å². The monoisotopic (exact) mass is 420 g/mol. The van der Waals surface area contributed by atoms with Gasteiger partial charge in [0.25, 0.3) is 0 Å². The first-order chi connectivity index (χ1) is 13.1. The van der Waals surface area contributed by atoms with Gasteiger partial charge < -0.3 is 14.7 Å². The van der Waals surface area contributed by atoms with E-state index in [4.69, 9.17) is 4.74 Å². The smallest absolute Gasteiger partial charge is 0.152 e. The van der Waals surface area contributed by atoms with Gasteiger partial charge in [-0.05, 0) is 51.0 Å². The fourth-order valence-corrected chi connectivity index (χ4v) is 5.18. The molecule has 0 saturated carbocycles. The number of hydrogen-bond donors (Lipinski definition) is 1. The molecule has 0 aromatic heterocycles. The average molecular weight is 421 g/mol. The summed E-state index contributed by atoms with van der Waals surface area (Å²) in [7, 11) is 0. The second kappa shape index (κ2) is 9.51.